The summed E-state index contributed by atoms with van der Waals surface area (Å²) in [4.78, 5) is 30.0. The SMILES string of the molecule is CC(C(=NC1=CC=C(Cl)C(C)C1Cl)c1ccc(Cl)cc1)=C(N)C(=O)NC(=O)c1ccc(Cl)cc1. The van der Waals surface area contributed by atoms with Crippen LogP contribution in [-0.2, 0) is 4.79 Å². The molecule has 34 heavy (non-hydrogen) atoms. The molecule has 3 rings (SSSR count). The molecule has 0 radical (unpaired) electrons. The Morgan fingerprint density at radius 2 is 1.44 bits per heavy atom. The molecule has 0 aromatic heterocycles. The molecule has 0 aliphatic heterocycles. The van der Waals surface area contributed by atoms with Crippen molar-refractivity contribution >= 4 is 63.9 Å². The highest BCUT2D eigenvalue weighted by Gasteiger charge is 2.26. The smallest absolute Gasteiger partial charge is 0.274 e. The number of amides is 2. The van der Waals surface area contributed by atoms with E-state index in [1.165, 1.54) is 12.1 Å². The van der Waals surface area contributed by atoms with Crippen LogP contribution in [0.1, 0.15) is 29.8 Å². The Labute approximate surface area is 217 Å². The molecule has 0 bridgehead atoms. The zero-order valence-corrected chi connectivity index (χ0v) is 21.3. The molecular formula is C25H21Cl4N3O2. The van der Waals surface area contributed by atoms with Gasteiger partial charge in [0.15, 0.2) is 0 Å². The summed E-state index contributed by atoms with van der Waals surface area (Å²) in [5.41, 5.74) is 8.28. The first kappa shape index (κ1) is 26.0. The largest absolute Gasteiger partial charge is 0.394 e. The van der Waals surface area contributed by atoms with Crippen molar-refractivity contribution in [3.05, 3.63) is 104 Å². The monoisotopic (exact) mass is 535 g/mol. The molecule has 3 N–H and O–H groups in total. The first-order chi connectivity index (χ1) is 16.1. The van der Waals surface area contributed by atoms with Gasteiger partial charge in [-0.3, -0.25) is 19.9 Å². The van der Waals surface area contributed by atoms with E-state index in [1.54, 1.807) is 55.5 Å². The Hall–Kier alpha value is -2.57. The molecule has 5 nitrogen and oxygen atoms in total. The Kier molecular flexibility index (Phi) is 8.61. The summed E-state index contributed by atoms with van der Waals surface area (Å²) < 4.78 is 0. The third-order valence-corrected chi connectivity index (χ3v) is 6.84. The number of aliphatic imine (C=N–C) groups is 1. The minimum absolute atomic E-state index is 0.138. The lowest BCUT2D eigenvalue weighted by Gasteiger charge is -2.22. The van der Waals surface area contributed by atoms with E-state index in [0.717, 1.165) is 0 Å². The van der Waals surface area contributed by atoms with E-state index in [2.05, 4.69) is 5.32 Å². The zero-order valence-electron chi connectivity index (χ0n) is 18.3. The maximum atomic E-state index is 12.8. The highest BCUT2D eigenvalue weighted by molar-refractivity contribution is 6.32. The molecule has 2 amide bonds. The lowest BCUT2D eigenvalue weighted by Crippen LogP contribution is -2.35. The number of benzene rings is 2. The summed E-state index contributed by atoms with van der Waals surface area (Å²) in [5, 5.41) is 3.45. The Balaban J connectivity index is 1.99. The second-order valence-corrected chi connectivity index (χ2v) is 9.41. The standard InChI is InChI=1S/C25H21Cl4N3O2/c1-13-19(28)11-12-20(21(13)29)31-23(15-3-7-17(26)8-4-15)14(2)22(30)25(34)32-24(33)16-5-9-18(27)10-6-16/h3-13,21H,30H2,1-2H3,(H,32,33,34). The van der Waals surface area contributed by atoms with Crippen molar-refractivity contribution in [2.45, 2.75) is 19.2 Å². The van der Waals surface area contributed by atoms with E-state index >= 15 is 0 Å². The van der Waals surface area contributed by atoms with Gasteiger partial charge >= 0.3 is 0 Å². The number of nitrogens with zero attached hydrogens (tertiary/aromatic N) is 1. The normalized spacial score (nSPS) is 19.1. The van der Waals surface area contributed by atoms with Gasteiger partial charge in [0.2, 0.25) is 0 Å². The van der Waals surface area contributed by atoms with Crippen LogP contribution in [0.5, 0.6) is 0 Å². The van der Waals surface area contributed by atoms with Crippen LogP contribution in [0.25, 0.3) is 0 Å². The molecule has 0 saturated heterocycles. The second kappa shape index (κ2) is 11.2. The van der Waals surface area contributed by atoms with Crippen LogP contribution in [0.4, 0.5) is 0 Å². The number of hydrogen-bond donors (Lipinski definition) is 2. The predicted octanol–water partition coefficient (Wildman–Crippen LogP) is 6.24. The quantitative estimate of drug-likeness (QED) is 0.269. The van der Waals surface area contributed by atoms with Crippen molar-refractivity contribution in [1.82, 2.24) is 5.32 Å². The van der Waals surface area contributed by atoms with Gasteiger partial charge in [0.1, 0.15) is 5.70 Å². The van der Waals surface area contributed by atoms with Crippen LogP contribution in [0.2, 0.25) is 10.0 Å². The summed E-state index contributed by atoms with van der Waals surface area (Å²) in [5.74, 6) is -1.50. The summed E-state index contributed by atoms with van der Waals surface area (Å²) in [6, 6.07) is 13.0. The first-order valence-electron chi connectivity index (χ1n) is 10.2. The van der Waals surface area contributed by atoms with E-state index in [4.69, 9.17) is 57.1 Å². The van der Waals surface area contributed by atoms with E-state index in [9.17, 15) is 9.59 Å². The highest BCUT2D eigenvalue weighted by Crippen LogP contribution is 2.33. The molecule has 2 atom stereocenters. The third-order valence-electron chi connectivity index (χ3n) is 5.27. The van der Waals surface area contributed by atoms with Gasteiger partial charge in [-0.2, -0.15) is 0 Å². The number of halogens is 4. The van der Waals surface area contributed by atoms with Crippen LogP contribution >= 0.6 is 46.4 Å². The molecule has 2 aromatic carbocycles. The number of imide groups is 1. The van der Waals surface area contributed by atoms with Gasteiger partial charge in [0, 0.05) is 37.7 Å². The summed E-state index contributed by atoms with van der Waals surface area (Å²) in [6.07, 6.45) is 3.47. The maximum absolute atomic E-state index is 12.8. The van der Waals surface area contributed by atoms with Crippen molar-refractivity contribution in [3.63, 3.8) is 0 Å². The lowest BCUT2D eigenvalue weighted by molar-refractivity contribution is -0.116. The summed E-state index contributed by atoms with van der Waals surface area (Å²) >= 11 is 24.7. The van der Waals surface area contributed by atoms with E-state index in [1.807, 2.05) is 6.92 Å². The average Bonchev–Trinajstić information content (AvgIpc) is 2.82. The van der Waals surface area contributed by atoms with Crippen LogP contribution in [0, 0.1) is 5.92 Å². The number of carbonyl (C=O) groups excluding carboxylic acids is 2. The molecule has 0 spiro atoms. The average molecular weight is 537 g/mol. The van der Waals surface area contributed by atoms with Gasteiger partial charge in [-0.1, -0.05) is 53.9 Å². The fourth-order valence-electron chi connectivity index (χ4n) is 3.15. The predicted molar refractivity (Wildman–Crippen MR) is 140 cm³/mol. The van der Waals surface area contributed by atoms with Crippen LogP contribution in [0.3, 0.4) is 0 Å². The summed E-state index contributed by atoms with van der Waals surface area (Å²) in [7, 11) is 0. The van der Waals surface area contributed by atoms with Crippen LogP contribution in [-0.4, -0.2) is 22.9 Å². The Morgan fingerprint density at radius 1 is 0.912 bits per heavy atom. The highest BCUT2D eigenvalue weighted by atomic mass is 35.5. The fourth-order valence-corrected chi connectivity index (χ4v) is 3.91. The number of alkyl halides is 1. The third kappa shape index (κ3) is 6.10. The molecular weight excluding hydrogens is 516 g/mol. The van der Waals surface area contributed by atoms with Gasteiger partial charge in [0.25, 0.3) is 11.8 Å². The first-order valence-corrected chi connectivity index (χ1v) is 11.8. The maximum Gasteiger partial charge on any atom is 0.274 e. The number of carbonyl (C=O) groups is 2. The Bertz CT molecular complexity index is 1230. The fraction of sp³-hybridized carbons (Fsp3) is 0.160. The molecule has 176 valence electrons. The number of allylic oxidation sites excluding steroid dienone is 5. The van der Waals surface area contributed by atoms with Crippen LogP contribution in [0.15, 0.2) is 87.7 Å². The lowest BCUT2D eigenvalue weighted by atomic mass is 9.97. The number of rotatable bonds is 5. The van der Waals surface area contributed by atoms with Gasteiger partial charge in [-0.15, -0.1) is 11.6 Å². The minimum Gasteiger partial charge on any atom is -0.394 e. The van der Waals surface area contributed by atoms with Gasteiger partial charge < -0.3 is 5.73 Å². The molecule has 2 unspecified atom stereocenters. The zero-order chi connectivity index (χ0) is 25.0. The molecule has 1 aliphatic rings. The molecule has 0 fully saturated rings. The van der Waals surface area contributed by atoms with Crippen LogP contribution < -0.4 is 11.1 Å². The molecule has 9 heteroatoms. The van der Waals surface area contributed by atoms with E-state index < -0.39 is 17.2 Å². The van der Waals surface area contributed by atoms with Crippen molar-refractivity contribution < 1.29 is 9.59 Å². The van der Waals surface area contributed by atoms with Crippen molar-refractivity contribution in [3.8, 4) is 0 Å². The van der Waals surface area contributed by atoms with Crippen molar-refractivity contribution in [2.75, 3.05) is 0 Å². The minimum atomic E-state index is -0.754. The van der Waals surface area contributed by atoms with Gasteiger partial charge in [0.05, 0.1) is 16.8 Å². The van der Waals surface area contributed by atoms with Gasteiger partial charge in [-0.25, -0.2) is 0 Å². The van der Waals surface area contributed by atoms with E-state index in [-0.39, 0.29) is 17.2 Å². The van der Waals surface area contributed by atoms with E-state index in [0.29, 0.717) is 37.6 Å². The molecule has 2 aromatic rings. The molecule has 1 aliphatic carbocycles. The molecule has 0 heterocycles. The number of nitrogens with one attached hydrogen (secondary N) is 1. The summed E-state index contributed by atoms with van der Waals surface area (Å²) in [6.45, 7) is 3.54. The number of hydrogen-bond acceptors (Lipinski definition) is 4. The topological polar surface area (TPSA) is 84.5 Å². The van der Waals surface area contributed by atoms with Crippen molar-refractivity contribution in [1.29, 1.82) is 0 Å². The van der Waals surface area contributed by atoms with Gasteiger partial charge in [-0.05, 0) is 55.5 Å². The van der Waals surface area contributed by atoms with Crippen molar-refractivity contribution in [2.24, 2.45) is 16.6 Å². The second-order valence-electron chi connectivity index (χ2n) is 7.63. The Morgan fingerprint density at radius 3 is 2.00 bits per heavy atom. The number of nitrogens with two attached hydrogens (primary N) is 1. The molecule has 0 saturated carbocycles.